The van der Waals surface area contributed by atoms with Crippen LogP contribution in [0.1, 0.15) is 174 Å². The molecule has 228 valence electrons. The first-order valence-corrected chi connectivity index (χ1v) is 17.8. The van der Waals surface area contributed by atoms with Gasteiger partial charge in [-0.25, -0.2) is 0 Å². The zero-order valence-corrected chi connectivity index (χ0v) is 25.9. The van der Waals surface area contributed by atoms with Crippen LogP contribution in [0.25, 0.3) is 0 Å². The molecule has 0 heterocycles. The van der Waals surface area contributed by atoms with Gasteiger partial charge < -0.3 is 10.4 Å². The van der Waals surface area contributed by atoms with E-state index in [-0.39, 0.29) is 5.91 Å². The van der Waals surface area contributed by atoms with Crippen LogP contribution in [0.3, 0.4) is 0 Å². The van der Waals surface area contributed by atoms with Gasteiger partial charge in [0.15, 0.2) is 0 Å². The van der Waals surface area contributed by atoms with Crippen LogP contribution >= 0.6 is 0 Å². The first-order chi connectivity index (χ1) is 18.3. The highest BCUT2D eigenvalue weighted by Crippen LogP contribution is 2.15. The molecule has 0 radical (unpaired) electrons. The number of carbonyl (C=O) groups excluding carboxylic acids is 1. The van der Waals surface area contributed by atoms with Crippen LogP contribution in [-0.4, -0.2) is 41.9 Å². The minimum atomic E-state index is -4.28. The Hall–Kier alpha value is -0.660. The predicted octanol–water partition coefficient (Wildman–Crippen LogP) is 8.51. The van der Waals surface area contributed by atoms with E-state index in [9.17, 15) is 22.9 Å². The van der Waals surface area contributed by atoms with Gasteiger partial charge in [0.1, 0.15) is 0 Å². The van der Waals surface area contributed by atoms with E-state index in [0.29, 0.717) is 12.8 Å². The van der Waals surface area contributed by atoms with E-state index in [2.05, 4.69) is 19.2 Å². The first kappa shape index (κ1) is 37.3. The number of hydrogen-bond donors (Lipinski definition) is 3. The van der Waals surface area contributed by atoms with Gasteiger partial charge in [0, 0.05) is 6.42 Å². The van der Waals surface area contributed by atoms with Crippen LogP contribution in [0.2, 0.25) is 0 Å². The molecule has 0 rings (SSSR count). The van der Waals surface area contributed by atoms with E-state index in [1.54, 1.807) is 0 Å². The third kappa shape index (κ3) is 26.9. The Morgan fingerprint density at radius 1 is 0.605 bits per heavy atom. The average molecular weight is 562 g/mol. The Morgan fingerprint density at radius 3 is 1.32 bits per heavy atom. The summed E-state index contributed by atoms with van der Waals surface area (Å²) in [7, 11) is -4.28. The summed E-state index contributed by atoms with van der Waals surface area (Å²) in [6, 6.07) is -0.959. The fraction of sp³-hybridized carbons (Fsp3) is 0.968. The van der Waals surface area contributed by atoms with Crippen molar-refractivity contribution >= 4 is 16.0 Å². The summed E-state index contributed by atoms with van der Waals surface area (Å²) < 4.78 is 32.0. The molecule has 0 aromatic carbocycles. The van der Waals surface area contributed by atoms with Crippen molar-refractivity contribution in [3.8, 4) is 0 Å². The maximum Gasteiger partial charge on any atom is 0.266 e. The summed E-state index contributed by atoms with van der Waals surface area (Å²) in [5.41, 5.74) is 0. The molecule has 0 saturated heterocycles. The molecule has 0 aliphatic carbocycles. The first-order valence-electron chi connectivity index (χ1n) is 16.2. The number of rotatable bonds is 29. The fourth-order valence-corrected chi connectivity index (χ4v) is 5.86. The molecule has 0 aromatic heterocycles. The quantitative estimate of drug-likeness (QED) is 0.0627. The van der Waals surface area contributed by atoms with Gasteiger partial charge in [0.05, 0.1) is 17.9 Å². The smallest absolute Gasteiger partial charge is 0.266 e. The van der Waals surface area contributed by atoms with Gasteiger partial charge in [-0.15, -0.1) is 0 Å². The molecule has 0 saturated carbocycles. The number of amides is 1. The number of nitrogens with one attached hydrogen (secondary N) is 1. The summed E-state index contributed by atoms with van der Waals surface area (Å²) in [5, 5.41) is 13.1. The van der Waals surface area contributed by atoms with Crippen molar-refractivity contribution in [2.75, 3.05) is 5.75 Å². The zero-order valence-electron chi connectivity index (χ0n) is 25.1. The van der Waals surface area contributed by atoms with Gasteiger partial charge in [-0.05, 0) is 12.8 Å². The Balaban J connectivity index is 3.74. The van der Waals surface area contributed by atoms with Gasteiger partial charge in [-0.1, -0.05) is 155 Å². The van der Waals surface area contributed by atoms with Crippen LogP contribution in [0.5, 0.6) is 0 Å². The molecule has 0 aromatic rings. The number of unbranched alkanes of at least 4 members (excludes halogenated alkanes) is 21. The van der Waals surface area contributed by atoms with Crippen LogP contribution in [-0.2, 0) is 14.9 Å². The molecule has 6 nitrogen and oxygen atoms in total. The van der Waals surface area contributed by atoms with E-state index >= 15 is 0 Å². The third-order valence-electron chi connectivity index (χ3n) is 7.56. The summed E-state index contributed by atoms with van der Waals surface area (Å²) in [6.45, 7) is 4.40. The summed E-state index contributed by atoms with van der Waals surface area (Å²) in [4.78, 5) is 12.3. The Bertz CT molecular complexity index is 626. The average Bonchev–Trinajstić information content (AvgIpc) is 2.86. The molecule has 0 aliphatic rings. The molecule has 38 heavy (non-hydrogen) atoms. The maximum atomic E-state index is 12.3. The van der Waals surface area contributed by atoms with Crippen LogP contribution in [0.4, 0.5) is 0 Å². The second-order valence-corrected chi connectivity index (χ2v) is 13.0. The number of aliphatic hydroxyl groups is 1. The second kappa shape index (κ2) is 26.6. The Morgan fingerprint density at radius 2 is 0.947 bits per heavy atom. The minimum Gasteiger partial charge on any atom is -0.391 e. The van der Waals surface area contributed by atoms with Crippen molar-refractivity contribution in [2.24, 2.45) is 0 Å². The lowest BCUT2D eigenvalue weighted by atomic mass is 10.0. The molecule has 1 amide bonds. The number of aliphatic hydroxyl groups excluding tert-OH is 1. The molecular formula is C31H63NO5S. The van der Waals surface area contributed by atoms with Crippen molar-refractivity contribution in [2.45, 2.75) is 187 Å². The van der Waals surface area contributed by atoms with Crippen molar-refractivity contribution in [3.05, 3.63) is 0 Å². The zero-order chi connectivity index (χ0) is 28.3. The number of carbonyl (C=O) groups is 1. The third-order valence-corrected chi connectivity index (χ3v) is 8.34. The SMILES string of the molecule is CCCCCCCCCCCCCCCCCCCCC(=O)NC(CS(=O)(=O)O)C(O)CCCCCCC. The van der Waals surface area contributed by atoms with E-state index in [4.69, 9.17) is 0 Å². The Labute approximate surface area is 236 Å². The molecule has 2 unspecified atom stereocenters. The van der Waals surface area contributed by atoms with E-state index < -0.39 is 28.0 Å². The lowest BCUT2D eigenvalue weighted by Crippen LogP contribution is -2.47. The van der Waals surface area contributed by atoms with Crippen molar-refractivity contribution in [1.82, 2.24) is 5.32 Å². The van der Waals surface area contributed by atoms with Crippen molar-refractivity contribution in [3.63, 3.8) is 0 Å². The van der Waals surface area contributed by atoms with Crippen LogP contribution in [0, 0.1) is 0 Å². The normalized spacial score (nSPS) is 13.5. The molecule has 2 atom stereocenters. The van der Waals surface area contributed by atoms with Crippen LogP contribution in [0.15, 0.2) is 0 Å². The maximum absolute atomic E-state index is 12.3. The second-order valence-electron chi connectivity index (χ2n) is 11.5. The molecular weight excluding hydrogens is 498 g/mol. The number of hydrogen-bond acceptors (Lipinski definition) is 4. The molecule has 0 bridgehead atoms. The van der Waals surface area contributed by atoms with Gasteiger partial charge in [0.25, 0.3) is 10.1 Å². The highest BCUT2D eigenvalue weighted by Gasteiger charge is 2.26. The van der Waals surface area contributed by atoms with Gasteiger partial charge in [-0.3, -0.25) is 9.35 Å². The summed E-state index contributed by atoms with van der Waals surface area (Å²) in [5.74, 6) is -0.895. The topological polar surface area (TPSA) is 104 Å². The van der Waals surface area contributed by atoms with Gasteiger partial charge in [-0.2, -0.15) is 8.42 Å². The van der Waals surface area contributed by atoms with Gasteiger partial charge in [0.2, 0.25) is 5.91 Å². The molecule has 0 fully saturated rings. The van der Waals surface area contributed by atoms with E-state index in [1.165, 1.54) is 96.3 Å². The molecule has 0 aliphatic heterocycles. The molecule has 0 spiro atoms. The molecule has 3 N–H and O–H groups in total. The Kier molecular flexibility index (Phi) is 26.1. The molecule has 7 heteroatoms. The fourth-order valence-electron chi connectivity index (χ4n) is 5.10. The summed E-state index contributed by atoms with van der Waals surface area (Å²) >= 11 is 0. The van der Waals surface area contributed by atoms with Crippen molar-refractivity contribution < 1.29 is 22.9 Å². The highest BCUT2D eigenvalue weighted by molar-refractivity contribution is 7.85. The minimum absolute atomic E-state index is 0.250. The monoisotopic (exact) mass is 561 g/mol. The van der Waals surface area contributed by atoms with Gasteiger partial charge >= 0.3 is 0 Å². The lowest BCUT2D eigenvalue weighted by molar-refractivity contribution is -0.122. The van der Waals surface area contributed by atoms with E-state index in [0.717, 1.165) is 51.4 Å². The lowest BCUT2D eigenvalue weighted by Gasteiger charge is -2.23. The van der Waals surface area contributed by atoms with E-state index in [1.807, 2.05) is 0 Å². The predicted molar refractivity (Wildman–Crippen MR) is 161 cm³/mol. The highest BCUT2D eigenvalue weighted by atomic mass is 32.2. The largest absolute Gasteiger partial charge is 0.391 e. The summed E-state index contributed by atoms with van der Waals surface area (Å²) in [6.07, 6.45) is 28.1. The van der Waals surface area contributed by atoms with Crippen LogP contribution < -0.4 is 5.32 Å². The standard InChI is InChI=1S/C31H63NO5S/c1-3-5-7-9-10-11-12-13-14-15-16-17-18-19-20-21-23-25-27-31(34)32-29(28-38(35,36)37)30(33)26-24-22-8-6-4-2/h29-30,33H,3-28H2,1-2H3,(H,32,34)(H,35,36,37). The van der Waals surface area contributed by atoms with Crippen molar-refractivity contribution in [1.29, 1.82) is 0 Å².